The number of rotatable bonds is 6. The van der Waals surface area contributed by atoms with Gasteiger partial charge in [-0.25, -0.2) is 4.39 Å². The second-order valence-corrected chi connectivity index (χ2v) is 4.94. The van der Waals surface area contributed by atoms with Gasteiger partial charge in [-0.3, -0.25) is 4.90 Å². The first-order valence-corrected chi connectivity index (χ1v) is 7.09. The van der Waals surface area contributed by atoms with Gasteiger partial charge in [0.25, 0.3) is 0 Å². The van der Waals surface area contributed by atoms with Crippen LogP contribution in [0.1, 0.15) is 24.9 Å². The number of hydrogen-bond donors (Lipinski definition) is 1. The van der Waals surface area contributed by atoms with E-state index in [2.05, 4.69) is 17.1 Å². The molecule has 1 fully saturated rings. The van der Waals surface area contributed by atoms with E-state index in [0.717, 1.165) is 51.4 Å². The molecular formula is C15H23FN2O. The quantitative estimate of drug-likeness (QED) is 0.854. The van der Waals surface area contributed by atoms with Gasteiger partial charge < -0.3 is 10.1 Å². The summed E-state index contributed by atoms with van der Waals surface area (Å²) in [6, 6.07) is 7.11. The van der Waals surface area contributed by atoms with Crippen molar-refractivity contribution in [3.63, 3.8) is 0 Å². The Labute approximate surface area is 114 Å². The molecule has 1 N–H and O–H groups in total. The third-order valence-electron chi connectivity index (χ3n) is 3.47. The number of ether oxygens (including phenoxy) is 1. The van der Waals surface area contributed by atoms with Gasteiger partial charge in [0.2, 0.25) is 0 Å². The molecule has 0 spiro atoms. The summed E-state index contributed by atoms with van der Waals surface area (Å²) in [4.78, 5) is 2.34. The van der Waals surface area contributed by atoms with Crippen molar-refractivity contribution in [2.24, 2.45) is 0 Å². The summed E-state index contributed by atoms with van der Waals surface area (Å²) < 4.78 is 19.3. The number of morpholine rings is 1. The molecule has 0 aliphatic carbocycles. The normalized spacial score (nSPS) is 18.4. The molecule has 1 heterocycles. The average molecular weight is 266 g/mol. The second-order valence-electron chi connectivity index (χ2n) is 4.94. The van der Waals surface area contributed by atoms with E-state index in [9.17, 15) is 4.39 Å². The SMILES string of the molecule is CCCNC(CN1CCOCC1)c1ccccc1F. The van der Waals surface area contributed by atoms with Crippen molar-refractivity contribution in [3.8, 4) is 0 Å². The van der Waals surface area contributed by atoms with Crippen molar-refractivity contribution < 1.29 is 9.13 Å². The van der Waals surface area contributed by atoms with Gasteiger partial charge >= 0.3 is 0 Å². The standard InChI is InChI=1S/C15H23FN2O/c1-2-7-17-15(12-18-8-10-19-11-9-18)13-5-3-4-6-14(13)16/h3-6,15,17H,2,7-12H2,1H3. The van der Waals surface area contributed by atoms with Crippen molar-refractivity contribution >= 4 is 0 Å². The Balaban J connectivity index is 2.04. The van der Waals surface area contributed by atoms with Crippen LogP contribution in [0.25, 0.3) is 0 Å². The predicted octanol–water partition coefficient (Wildman–Crippen LogP) is 2.20. The third kappa shape index (κ3) is 4.27. The number of hydrogen-bond acceptors (Lipinski definition) is 3. The van der Waals surface area contributed by atoms with E-state index < -0.39 is 0 Å². The van der Waals surface area contributed by atoms with Crippen LogP contribution in [0.5, 0.6) is 0 Å². The fourth-order valence-electron chi connectivity index (χ4n) is 2.39. The lowest BCUT2D eigenvalue weighted by Crippen LogP contribution is -2.42. The first-order valence-electron chi connectivity index (χ1n) is 7.09. The minimum atomic E-state index is -0.121. The molecule has 4 heteroatoms. The number of halogens is 1. The Morgan fingerprint density at radius 2 is 2.05 bits per heavy atom. The maximum Gasteiger partial charge on any atom is 0.128 e. The predicted molar refractivity (Wildman–Crippen MR) is 74.7 cm³/mol. The molecule has 19 heavy (non-hydrogen) atoms. The molecule has 1 aliphatic heterocycles. The van der Waals surface area contributed by atoms with Gasteiger partial charge in [0, 0.05) is 31.2 Å². The molecule has 1 unspecified atom stereocenters. The second kappa shape index (κ2) is 7.58. The maximum absolute atomic E-state index is 13.9. The minimum Gasteiger partial charge on any atom is -0.379 e. The van der Waals surface area contributed by atoms with E-state index >= 15 is 0 Å². The smallest absolute Gasteiger partial charge is 0.128 e. The molecule has 2 rings (SSSR count). The van der Waals surface area contributed by atoms with Crippen LogP contribution in [0.3, 0.4) is 0 Å². The minimum absolute atomic E-state index is 0.0549. The summed E-state index contributed by atoms with van der Waals surface area (Å²) in [5, 5.41) is 3.45. The van der Waals surface area contributed by atoms with Gasteiger partial charge in [0.15, 0.2) is 0 Å². The largest absolute Gasteiger partial charge is 0.379 e. The Morgan fingerprint density at radius 1 is 1.32 bits per heavy atom. The van der Waals surface area contributed by atoms with E-state index in [0.29, 0.717) is 0 Å². The fraction of sp³-hybridized carbons (Fsp3) is 0.600. The van der Waals surface area contributed by atoms with E-state index in [1.54, 1.807) is 6.07 Å². The molecule has 0 amide bonds. The van der Waals surface area contributed by atoms with Gasteiger partial charge in [-0.1, -0.05) is 25.1 Å². The molecule has 1 aromatic rings. The van der Waals surface area contributed by atoms with Crippen LogP contribution in [0.4, 0.5) is 4.39 Å². The molecule has 1 aromatic carbocycles. The zero-order valence-electron chi connectivity index (χ0n) is 11.6. The van der Waals surface area contributed by atoms with Crippen molar-refractivity contribution in [1.82, 2.24) is 10.2 Å². The van der Waals surface area contributed by atoms with Crippen LogP contribution in [0.15, 0.2) is 24.3 Å². The van der Waals surface area contributed by atoms with E-state index in [-0.39, 0.29) is 11.9 Å². The molecule has 0 saturated carbocycles. The lowest BCUT2D eigenvalue weighted by atomic mass is 10.1. The molecule has 0 radical (unpaired) electrons. The first-order chi connectivity index (χ1) is 9.31. The topological polar surface area (TPSA) is 24.5 Å². The molecule has 3 nitrogen and oxygen atoms in total. The van der Waals surface area contributed by atoms with Gasteiger partial charge in [0.05, 0.1) is 13.2 Å². The molecule has 1 aliphatic rings. The summed E-state index contributed by atoms with van der Waals surface area (Å²) in [5.41, 5.74) is 0.766. The number of benzene rings is 1. The van der Waals surface area contributed by atoms with Crippen LogP contribution in [0, 0.1) is 5.82 Å². The lowest BCUT2D eigenvalue weighted by Gasteiger charge is -2.31. The van der Waals surface area contributed by atoms with E-state index in [4.69, 9.17) is 4.74 Å². The summed E-state index contributed by atoms with van der Waals surface area (Å²) in [6.45, 7) is 7.28. The van der Waals surface area contributed by atoms with Gasteiger partial charge in [0.1, 0.15) is 5.82 Å². The number of nitrogens with zero attached hydrogens (tertiary/aromatic N) is 1. The molecule has 1 atom stereocenters. The number of nitrogens with one attached hydrogen (secondary N) is 1. The van der Waals surface area contributed by atoms with Crippen molar-refractivity contribution in [3.05, 3.63) is 35.6 Å². The molecule has 106 valence electrons. The summed E-state index contributed by atoms with van der Waals surface area (Å²) in [6.07, 6.45) is 1.05. The zero-order chi connectivity index (χ0) is 13.5. The molecular weight excluding hydrogens is 243 g/mol. The van der Waals surface area contributed by atoms with Crippen LogP contribution >= 0.6 is 0 Å². The van der Waals surface area contributed by atoms with E-state index in [1.165, 1.54) is 6.07 Å². The van der Waals surface area contributed by atoms with Crippen molar-refractivity contribution in [2.75, 3.05) is 39.4 Å². The first kappa shape index (κ1) is 14.4. The Morgan fingerprint density at radius 3 is 2.74 bits per heavy atom. The van der Waals surface area contributed by atoms with Gasteiger partial charge in [-0.2, -0.15) is 0 Å². The lowest BCUT2D eigenvalue weighted by molar-refractivity contribution is 0.0333. The molecule has 0 aromatic heterocycles. The van der Waals surface area contributed by atoms with Crippen LogP contribution in [-0.2, 0) is 4.74 Å². The highest BCUT2D eigenvalue weighted by Crippen LogP contribution is 2.18. The zero-order valence-corrected chi connectivity index (χ0v) is 11.6. The maximum atomic E-state index is 13.9. The highest BCUT2D eigenvalue weighted by molar-refractivity contribution is 5.21. The average Bonchev–Trinajstić information content (AvgIpc) is 2.45. The summed E-state index contributed by atoms with van der Waals surface area (Å²) >= 11 is 0. The molecule has 1 saturated heterocycles. The van der Waals surface area contributed by atoms with Crippen LogP contribution < -0.4 is 5.32 Å². The van der Waals surface area contributed by atoms with E-state index in [1.807, 2.05) is 12.1 Å². The Hall–Kier alpha value is -0.970. The van der Waals surface area contributed by atoms with Crippen molar-refractivity contribution in [1.29, 1.82) is 0 Å². The monoisotopic (exact) mass is 266 g/mol. The van der Waals surface area contributed by atoms with Crippen LogP contribution in [0.2, 0.25) is 0 Å². The van der Waals surface area contributed by atoms with Crippen LogP contribution in [-0.4, -0.2) is 44.3 Å². The summed E-state index contributed by atoms with van der Waals surface area (Å²) in [7, 11) is 0. The fourth-order valence-corrected chi connectivity index (χ4v) is 2.39. The Bertz CT molecular complexity index is 380. The summed E-state index contributed by atoms with van der Waals surface area (Å²) in [5.74, 6) is -0.121. The van der Waals surface area contributed by atoms with Crippen molar-refractivity contribution in [2.45, 2.75) is 19.4 Å². The van der Waals surface area contributed by atoms with Gasteiger partial charge in [-0.05, 0) is 19.0 Å². The van der Waals surface area contributed by atoms with Gasteiger partial charge in [-0.15, -0.1) is 0 Å². The highest BCUT2D eigenvalue weighted by atomic mass is 19.1. The Kier molecular flexibility index (Phi) is 5.76. The molecule has 0 bridgehead atoms. The highest BCUT2D eigenvalue weighted by Gasteiger charge is 2.19. The third-order valence-corrected chi connectivity index (χ3v) is 3.47.